The molecule has 0 saturated carbocycles. The van der Waals surface area contributed by atoms with Gasteiger partial charge in [0.15, 0.2) is 5.82 Å². The fraction of sp³-hybridized carbons (Fsp3) is 0.583. The number of carbonyl (C=O) groups is 1. The quantitative estimate of drug-likeness (QED) is 0.757. The molecule has 106 valence electrons. The lowest BCUT2D eigenvalue weighted by atomic mass is 10.2. The molecule has 1 aromatic heterocycles. The summed E-state index contributed by atoms with van der Waals surface area (Å²) in [7, 11) is 1.43. The van der Waals surface area contributed by atoms with Crippen molar-refractivity contribution in [3.05, 3.63) is 22.7 Å². The van der Waals surface area contributed by atoms with Crippen molar-refractivity contribution in [2.24, 2.45) is 0 Å². The summed E-state index contributed by atoms with van der Waals surface area (Å²) in [5.41, 5.74) is -0.234. The summed E-state index contributed by atoms with van der Waals surface area (Å²) in [5.74, 6) is -0.752. The lowest BCUT2D eigenvalue weighted by Gasteiger charge is -2.15. The van der Waals surface area contributed by atoms with Gasteiger partial charge >= 0.3 is 5.97 Å². The highest BCUT2D eigenvalue weighted by molar-refractivity contribution is 5.67. The minimum atomic E-state index is -0.950. The molecule has 0 bridgehead atoms. The Labute approximate surface area is 111 Å². The molecular formula is C12H19N3O4. The van der Waals surface area contributed by atoms with Gasteiger partial charge in [0, 0.05) is 32.1 Å². The molecule has 0 spiro atoms. The van der Waals surface area contributed by atoms with Crippen molar-refractivity contribution in [3.63, 3.8) is 0 Å². The van der Waals surface area contributed by atoms with Crippen LogP contribution in [0.2, 0.25) is 0 Å². The molecule has 0 aromatic carbocycles. The molecule has 0 aliphatic rings. The maximum atomic E-state index is 12.0. The van der Waals surface area contributed by atoms with E-state index in [2.05, 4.69) is 10.3 Å². The fourth-order valence-corrected chi connectivity index (χ4v) is 1.60. The van der Waals surface area contributed by atoms with Gasteiger partial charge in [-0.1, -0.05) is 0 Å². The Morgan fingerprint density at radius 2 is 2.26 bits per heavy atom. The lowest BCUT2D eigenvalue weighted by Crippen LogP contribution is -2.30. The number of ether oxygens (including phenoxy) is 1. The molecule has 19 heavy (non-hydrogen) atoms. The van der Waals surface area contributed by atoms with E-state index in [0.717, 1.165) is 0 Å². The molecule has 1 heterocycles. The third-order valence-corrected chi connectivity index (χ3v) is 2.66. The zero-order chi connectivity index (χ0) is 14.4. The summed E-state index contributed by atoms with van der Waals surface area (Å²) in [5, 5.41) is 11.5. The third kappa shape index (κ3) is 4.36. The zero-order valence-electron chi connectivity index (χ0n) is 11.3. The van der Waals surface area contributed by atoms with E-state index in [-0.39, 0.29) is 30.4 Å². The number of aromatic nitrogens is 2. The topological polar surface area (TPSA) is 93.5 Å². The van der Waals surface area contributed by atoms with Crippen LogP contribution in [-0.4, -0.2) is 40.4 Å². The van der Waals surface area contributed by atoms with Crippen LogP contribution in [0, 0.1) is 0 Å². The van der Waals surface area contributed by atoms with Crippen molar-refractivity contribution in [2.45, 2.75) is 32.4 Å². The molecule has 0 radical (unpaired) electrons. The Hall–Kier alpha value is -1.89. The standard InChI is InChI=1S/C12H19N3O4/c1-8(2)15-5-4-13-11(12(15)18)14-7-9(19-3)6-10(16)17/h4-5,8-9H,6-7H2,1-3H3,(H,13,14)(H,16,17). The number of carboxylic acid groups (broad SMARTS) is 1. The molecule has 7 heteroatoms. The van der Waals surface area contributed by atoms with E-state index in [9.17, 15) is 9.59 Å². The predicted molar refractivity (Wildman–Crippen MR) is 70.4 cm³/mol. The summed E-state index contributed by atoms with van der Waals surface area (Å²) in [6.07, 6.45) is 2.51. The van der Waals surface area contributed by atoms with E-state index in [4.69, 9.17) is 9.84 Å². The van der Waals surface area contributed by atoms with E-state index in [1.54, 1.807) is 10.8 Å². The van der Waals surface area contributed by atoms with Gasteiger partial charge in [0.25, 0.3) is 5.56 Å². The molecule has 1 rings (SSSR count). The molecule has 0 aliphatic heterocycles. The van der Waals surface area contributed by atoms with Crippen LogP contribution in [0.5, 0.6) is 0 Å². The second-order valence-corrected chi connectivity index (χ2v) is 4.42. The van der Waals surface area contributed by atoms with Gasteiger partial charge < -0.3 is 19.7 Å². The second kappa shape index (κ2) is 6.89. The van der Waals surface area contributed by atoms with Gasteiger partial charge in [0.05, 0.1) is 12.5 Å². The molecular weight excluding hydrogens is 250 g/mol. The summed E-state index contributed by atoms with van der Waals surface area (Å²) in [6.45, 7) is 4.01. The van der Waals surface area contributed by atoms with Crippen LogP contribution in [0.15, 0.2) is 17.2 Å². The van der Waals surface area contributed by atoms with Crippen LogP contribution >= 0.6 is 0 Å². The van der Waals surface area contributed by atoms with Gasteiger partial charge in [-0.05, 0) is 13.8 Å². The Morgan fingerprint density at radius 1 is 1.58 bits per heavy atom. The van der Waals surface area contributed by atoms with Crippen molar-refractivity contribution in [3.8, 4) is 0 Å². The Balaban J connectivity index is 2.75. The molecule has 1 unspecified atom stereocenters. The van der Waals surface area contributed by atoms with E-state index in [1.165, 1.54) is 13.3 Å². The van der Waals surface area contributed by atoms with Crippen LogP contribution in [0.4, 0.5) is 5.82 Å². The minimum absolute atomic E-state index is 0.0355. The Bertz CT molecular complexity index is 484. The van der Waals surface area contributed by atoms with Crippen LogP contribution in [0.25, 0.3) is 0 Å². The molecule has 0 fully saturated rings. The van der Waals surface area contributed by atoms with Gasteiger partial charge in [-0.2, -0.15) is 0 Å². The van der Waals surface area contributed by atoms with Gasteiger partial charge in [0.1, 0.15) is 0 Å². The highest BCUT2D eigenvalue weighted by Gasteiger charge is 2.14. The number of methoxy groups -OCH3 is 1. The first kappa shape index (κ1) is 15.2. The first-order valence-corrected chi connectivity index (χ1v) is 6.01. The third-order valence-electron chi connectivity index (χ3n) is 2.66. The second-order valence-electron chi connectivity index (χ2n) is 4.42. The van der Waals surface area contributed by atoms with Crippen LogP contribution in [0.1, 0.15) is 26.3 Å². The van der Waals surface area contributed by atoms with Gasteiger partial charge in [-0.25, -0.2) is 4.98 Å². The van der Waals surface area contributed by atoms with Gasteiger partial charge in [-0.15, -0.1) is 0 Å². The summed E-state index contributed by atoms with van der Waals surface area (Å²) >= 11 is 0. The number of aliphatic carboxylic acids is 1. The largest absolute Gasteiger partial charge is 0.481 e. The number of anilines is 1. The molecule has 1 aromatic rings. The van der Waals surface area contributed by atoms with Gasteiger partial charge in [0.2, 0.25) is 0 Å². The number of nitrogens with one attached hydrogen (secondary N) is 1. The maximum absolute atomic E-state index is 12.0. The van der Waals surface area contributed by atoms with Gasteiger partial charge in [-0.3, -0.25) is 9.59 Å². The maximum Gasteiger partial charge on any atom is 0.306 e. The zero-order valence-corrected chi connectivity index (χ0v) is 11.3. The van der Waals surface area contributed by atoms with E-state index in [0.29, 0.717) is 0 Å². The van der Waals surface area contributed by atoms with Crippen LogP contribution in [-0.2, 0) is 9.53 Å². The minimum Gasteiger partial charge on any atom is -0.481 e. The van der Waals surface area contributed by atoms with Crippen molar-refractivity contribution in [2.75, 3.05) is 19.0 Å². The average molecular weight is 269 g/mol. The molecule has 0 amide bonds. The van der Waals surface area contributed by atoms with Crippen LogP contribution in [0.3, 0.4) is 0 Å². The highest BCUT2D eigenvalue weighted by Crippen LogP contribution is 2.03. The number of carboxylic acids is 1. The van der Waals surface area contributed by atoms with E-state index < -0.39 is 12.1 Å². The summed E-state index contributed by atoms with van der Waals surface area (Å²) < 4.78 is 6.57. The number of rotatable bonds is 7. The molecule has 0 aliphatic carbocycles. The van der Waals surface area contributed by atoms with Crippen LogP contribution < -0.4 is 10.9 Å². The van der Waals surface area contributed by atoms with E-state index >= 15 is 0 Å². The average Bonchev–Trinajstić information content (AvgIpc) is 2.35. The lowest BCUT2D eigenvalue weighted by molar-refractivity contribution is -0.139. The summed E-state index contributed by atoms with van der Waals surface area (Å²) in [6, 6.07) is 0.0355. The predicted octanol–water partition coefficient (Wildman–Crippen LogP) is 0.726. The first-order chi connectivity index (χ1) is 8.95. The monoisotopic (exact) mass is 269 g/mol. The number of nitrogens with zero attached hydrogens (tertiary/aromatic N) is 2. The Morgan fingerprint density at radius 3 is 2.79 bits per heavy atom. The van der Waals surface area contributed by atoms with Crippen molar-refractivity contribution < 1.29 is 14.6 Å². The number of hydrogen-bond acceptors (Lipinski definition) is 5. The normalized spacial score (nSPS) is 12.4. The first-order valence-electron chi connectivity index (χ1n) is 6.01. The smallest absolute Gasteiger partial charge is 0.306 e. The van der Waals surface area contributed by atoms with Crippen molar-refractivity contribution >= 4 is 11.8 Å². The Kier molecular flexibility index (Phi) is 5.50. The van der Waals surface area contributed by atoms with Crippen molar-refractivity contribution in [1.82, 2.24) is 9.55 Å². The fourth-order valence-electron chi connectivity index (χ4n) is 1.60. The molecule has 0 saturated heterocycles. The molecule has 7 nitrogen and oxygen atoms in total. The molecule has 2 N–H and O–H groups in total. The van der Waals surface area contributed by atoms with Crippen molar-refractivity contribution in [1.29, 1.82) is 0 Å². The summed E-state index contributed by atoms with van der Waals surface area (Å²) in [4.78, 5) is 26.6. The molecule has 1 atom stereocenters. The SMILES string of the molecule is COC(CNc1nccn(C(C)C)c1=O)CC(=O)O. The highest BCUT2D eigenvalue weighted by atomic mass is 16.5. The number of hydrogen-bond donors (Lipinski definition) is 2. The van der Waals surface area contributed by atoms with E-state index in [1.807, 2.05) is 13.8 Å².